The molecule has 3 saturated heterocycles. The Morgan fingerprint density at radius 2 is 1.15 bits per heavy atom. The fourth-order valence-corrected chi connectivity index (χ4v) is 18.2. The SMILES string of the molecule is CCCC[C@H]1C(=O)N(C)[C@@H](CCCC)C(=O)N[C@@H](CCCNC(=N)N)C(=O)N[C@H](C(=O)NCC(N)=O)CSCC(=O)N[C@@H](Cc2ccccc2)C(=O)N(C)[C@@H](C)C(=O)N[C@@H](CC(N)=O)C(=O)N2CCC[C@H]2C(=O)N[C@@H](Cc2cnc[nH]2)C(=O)N[C@@H](CC(C)C)C(=O)N2CC(F)(F)C[C@H]2C(=O)C[C@@H](Cc2c[nH]c3ccccc23)C(=O)N[C@@H](CO)C(=O)C[C@@H](Cc2c[nH]c3ccccc23)C(=O)N1C. The molecule has 14 atom stereocenters. The summed E-state index contributed by atoms with van der Waals surface area (Å²) in [6.07, 6.45) is 2.50. The number of H-pyrrole nitrogens is 3. The minimum absolute atomic E-state index is 0.000304. The van der Waals surface area contributed by atoms with Gasteiger partial charge in [0.25, 0.3) is 5.92 Å². The molecule has 0 spiro atoms. The van der Waals surface area contributed by atoms with E-state index in [1.807, 2.05) is 13.8 Å². The van der Waals surface area contributed by atoms with E-state index in [9.17, 15) is 48.3 Å². The van der Waals surface area contributed by atoms with Crippen LogP contribution in [-0.2, 0) is 107 Å². The van der Waals surface area contributed by atoms with Crippen LogP contribution in [0.3, 0.4) is 0 Å². The van der Waals surface area contributed by atoms with Crippen LogP contribution in [0.25, 0.3) is 21.8 Å². The molecule has 0 bridgehead atoms. The molecule has 136 heavy (non-hydrogen) atoms. The monoisotopic (exact) mass is 1910 g/mol. The molecular formula is C93H128F2N22O18S. The number of benzene rings is 3. The first-order valence-electron chi connectivity index (χ1n) is 45.9. The predicted molar refractivity (Wildman–Crippen MR) is 499 cm³/mol. The number of guanidine groups is 1. The number of aliphatic hydroxyl groups excluding tert-OH is 1. The van der Waals surface area contributed by atoms with Crippen molar-refractivity contribution in [2.45, 2.75) is 235 Å². The number of amides is 15. The summed E-state index contributed by atoms with van der Waals surface area (Å²) in [4.78, 5) is 269. The van der Waals surface area contributed by atoms with E-state index in [1.165, 1.54) is 45.5 Å². The van der Waals surface area contributed by atoms with Gasteiger partial charge in [-0.1, -0.05) is 120 Å². The summed E-state index contributed by atoms with van der Waals surface area (Å²) >= 11 is 0.784. The number of carbonyl (C=O) groups excluding carboxylic acids is 17. The molecule has 3 aromatic carbocycles. The molecule has 0 radical (unpaired) electrons. The molecule has 3 aromatic heterocycles. The van der Waals surface area contributed by atoms with Crippen molar-refractivity contribution in [3.63, 3.8) is 0 Å². The number of alkyl halides is 2. The van der Waals surface area contributed by atoms with Crippen LogP contribution in [-0.4, -0.2) is 300 Å². The molecule has 0 aliphatic carbocycles. The number of hydrogen-bond acceptors (Lipinski definition) is 21. The third-order valence-electron chi connectivity index (χ3n) is 24.8. The standard InChI is InChI=1S/C93H128F2N22O18S/c1-9-11-29-71-85(129)107-64(28-20-32-101-92(98)99)83(127)112-70(82(126)104-46-78(97)122)48-136-49-79(123)106-67(35-54-22-14-13-15-23-54)88(132)113(6)53(5)80(124)109-68(41-77(96)121)89(133)116-33-21-31-72(116)86(130)108-65(40-59-45-100-51-105-59)84(128)110-66(34-52(3)4)90(134)117-50-93(94,95)42-74(117)76(120)38-55(36-57-43-102-62-26-18-16-24-60(57)62)81(125)111-69(47-118)75(119)39-56(37-58-44-103-63-27-19-17-25-61(58)63)87(131)115(8)73(30-12-10-2)91(135)114(71)7/h13-19,22-27,43-45,51-53,55-56,64-74,102-103,118H,9-12,20-21,28-42,46-50H2,1-8H3,(H2,96,121)(H2,97,122)(H,100,105)(H,104,126)(H,106,123)(H,107,129)(H,108,130)(H,109,124)(H,110,128)(H,111,125)(H,112,127)(H4,98,99,101)/t53-,55+,56+,64-,65-,66-,67-,68-,69-,70-,71-,72-,73-,74-/m0/s1. The Balaban J connectivity index is 1.11. The molecule has 738 valence electrons. The Labute approximate surface area is 790 Å². The van der Waals surface area contributed by atoms with Crippen LogP contribution in [0, 0.1) is 23.2 Å². The molecule has 3 aliphatic rings. The van der Waals surface area contributed by atoms with Gasteiger partial charge in [-0.2, -0.15) is 0 Å². The molecule has 3 fully saturated rings. The quantitative estimate of drug-likeness (QED) is 0.0203. The Hall–Kier alpha value is -13.2. The number of nitrogens with zero attached hydrogens (tertiary/aromatic N) is 6. The van der Waals surface area contributed by atoms with Crippen LogP contribution >= 0.6 is 11.8 Å². The summed E-state index contributed by atoms with van der Waals surface area (Å²) in [6, 6.07) is 3.24. The predicted octanol–water partition coefficient (Wildman–Crippen LogP) is 0.821. The highest BCUT2D eigenvalue weighted by Gasteiger charge is 2.52. The highest BCUT2D eigenvalue weighted by atomic mass is 32.2. The Morgan fingerprint density at radius 3 is 1.76 bits per heavy atom. The summed E-state index contributed by atoms with van der Waals surface area (Å²) in [7, 11) is 3.95. The van der Waals surface area contributed by atoms with E-state index >= 15 is 47.1 Å². The largest absolute Gasteiger partial charge is 0.394 e. The number of primary amides is 2. The number of ketones is 2. The fraction of sp³-hybridized carbons (Fsp3) is 0.538. The number of aliphatic hydroxyl groups is 1. The molecule has 3 aliphatic heterocycles. The topological polar surface area (TPSA) is 597 Å². The zero-order valence-electron chi connectivity index (χ0n) is 77.8. The third kappa shape index (κ3) is 29.6. The molecule has 6 heterocycles. The Morgan fingerprint density at radius 1 is 0.574 bits per heavy atom. The van der Waals surface area contributed by atoms with Crippen molar-refractivity contribution in [2.24, 2.45) is 35.0 Å². The highest BCUT2D eigenvalue weighted by Crippen LogP contribution is 2.36. The van der Waals surface area contributed by atoms with E-state index in [0.29, 0.717) is 69.1 Å². The second kappa shape index (κ2) is 50.4. The average molecular weight is 1910 g/mol. The van der Waals surface area contributed by atoms with Crippen molar-refractivity contribution in [3.05, 3.63) is 126 Å². The van der Waals surface area contributed by atoms with Crippen molar-refractivity contribution in [2.75, 3.05) is 65.4 Å². The van der Waals surface area contributed by atoms with Gasteiger partial charge in [0.2, 0.25) is 88.6 Å². The first-order valence-corrected chi connectivity index (χ1v) is 47.0. The van der Waals surface area contributed by atoms with E-state index in [2.05, 4.69) is 67.8 Å². The van der Waals surface area contributed by atoms with E-state index in [1.54, 1.807) is 105 Å². The van der Waals surface area contributed by atoms with Crippen molar-refractivity contribution in [1.29, 1.82) is 5.41 Å². The van der Waals surface area contributed by atoms with Gasteiger partial charge in [0.05, 0.1) is 44.2 Å². The van der Waals surface area contributed by atoms with Gasteiger partial charge < -0.3 is 110 Å². The van der Waals surface area contributed by atoms with Gasteiger partial charge in [-0.25, -0.2) is 13.8 Å². The number of nitrogens with two attached hydrogens (primary N) is 3. The lowest BCUT2D eigenvalue weighted by Crippen LogP contribution is -2.60. The summed E-state index contributed by atoms with van der Waals surface area (Å²) in [6.45, 7) is 5.02. The first-order chi connectivity index (χ1) is 64.7. The van der Waals surface area contributed by atoms with Gasteiger partial charge in [-0.15, -0.1) is 11.8 Å². The van der Waals surface area contributed by atoms with Gasteiger partial charge in [0, 0.05) is 130 Å². The number of likely N-dealkylation sites (N-methyl/N-ethyl adjacent to an activating group) is 3. The second-order valence-corrected chi connectivity index (χ2v) is 36.6. The lowest BCUT2D eigenvalue weighted by molar-refractivity contribution is -0.150. The third-order valence-corrected chi connectivity index (χ3v) is 25.8. The Bertz CT molecular complexity index is 5250. The maximum atomic E-state index is 16.4. The van der Waals surface area contributed by atoms with Crippen LogP contribution in [0.15, 0.2) is 104 Å². The number of carbonyl (C=O) groups is 17. The van der Waals surface area contributed by atoms with E-state index in [4.69, 9.17) is 22.6 Å². The summed E-state index contributed by atoms with van der Waals surface area (Å²) in [5.74, 6) is -24.7. The zero-order valence-corrected chi connectivity index (χ0v) is 78.6. The summed E-state index contributed by atoms with van der Waals surface area (Å²) in [5.41, 5.74) is 19.9. The number of halogens is 2. The van der Waals surface area contributed by atoms with Crippen LogP contribution in [0.2, 0.25) is 0 Å². The minimum atomic E-state index is -3.75. The smallest absolute Gasteiger partial charge is 0.267 e. The van der Waals surface area contributed by atoms with E-state index in [0.717, 1.165) is 26.5 Å². The number of hydrogen-bond donors (Lipinski definition) is 17. The fourth-order valence-electron chi connectivity index (χ4n) is 17.3. The molecule has 20 N–H and O–H groups in total. The van der Waals surface area contributed by atoms with Gasteiger partial charge in [0.15, 0.2) is 17.5 Å². The van der Waals surface area contributed by atoms with Gasteiger partial charge in [-0.3, -0.25) is 86.9 Å². The van der Waals surface area contributed by atoms with Gasteiger partial charge in [0.1, 0.15) is 66.5 Å². The van der Waals surface area contributed by atoms with E-state index in [-0.39, 0.29) is 89.4 Å². The molecule has 43 heteroatoms. The maximum absolute atomic E-state index is 16.4. The molecule has 40 nitrogen and oxygen atoms in total. The molecular weight excluding hydrogens is 1780 g/mol. The molecule has 0 unspecified atom stereocenters. The lowest BCUT2D eigenvalue weighted by atomic mass is 9.88. The Kier molecular flexibility index (Phi) is 39.4. The van der Waals surface area contributed by atoms with Crippen LogP contribution in [0.1, 0.15) is 153 Å². The first kappa shape index (κ1) is 106. The second-order valence-electron chi connectivity index (χ2n) is 35.6. The molecule has 0 saturated carbocycles. The van der Waals surface area contributed by atoms with Gasteiger partial charge >= 0.3 is 0 Å². The number of aromatic nitrogens is 4. The van der Waals surface area contributed by atoms with Crippen molar-refractivity contribution >= 4 is 140 Å². The van der Waals surface area contributed by atoms with Crippen molar-refractivity contribution in [3.8, 4) is 0 Å². The number of unbranched alkanes of at least 4 members (excludes halogenated alkanes) is 2. The number of aromatic amines is 3. The number of fused-ring (bicyclic) bond motifs is 4. The maximum Gasteiger partial charge on any atom is 0.267 e. The van der Waals surface area contributed by atoms with E-state index < -0.39 is 259 Å². The molecule has 9 rings (SSSR count). The minimum Gasteiger partial charge on any atom is -0.394 e. The summed E-state index contributed by atoms with van der Waals surface area (Å²) in [5, 5.41) is 43.9. The summed E-state index contributed by atoms with van der Waals surface area (Å²) < 4.78 is 32.8. The number of rotatable bonds is 26. The molecule has 15 amide bonds. The number of para-hydroxylation sites is 2. The molecule has 6 aromatic rings. The number of Topliss-reactive ketones (excluding diaryl/α,β-unsaturated/α-hetero) is 2. The van der Waals surface area contributed by atoms with Crippen LogP contribution in [0.4, 0.5) is 8.78 Å². The average Bonchev–Trinajstić information content (AvgIpc) is 1.62. The van der Waals surface area contributed by atoms with Gasteiger partial charge in [-0.05, 0) is 99.5 Å². The number of nitrogens with one attached hydrogen (secondary N) is 13. The lowest BCUT2D eigenvalue weighted by Gasteiger charge is -2.36. The van der Waals surface area contributed by atoms with Crippen molar-refractivity contribution in [1.82, 2.24) is 92.3 Å². The van der Waals surface area contributed by atoms with Crippen LogP contribution < -0.4 is 65.1 Å². The highest BCUT2D eigenvalue weighted by molar-refractivity contribution is 8.00. The zero-order chi connectivity index (χ0) is 99.4. The number of thioether (sulfide) groups is 1. The van der Waals surface area contributed by atoms with Crippen molar-refractivity contribution < 1.29 is 95.4 Å². The van der Waals surface area contributed by atoms with Crippen LogP contribution in [0.5, 0.6) is 0 Å². The number of imidazole rings is 1. The normalized spacial score (nSPS) is 24.6.